The van der Waals surface area contributed by atoms with Gasteiger partial charge in [0.25, 0.3) is 0 Å². The van der Waals surface area contributed by atoms with Gasteiger partial charge in [-0.3, -0.25) is 0 Å². The van der Waals surface area contributed by atoms with Crippen LogP contribution in [0.15, 0.2) is 40.9 Å². The van der Waals surface area contributed by atoms with Crippen molar-refractivity contribution < 1.29 is 9.13 Å². The molecule has 94 valence electrons. The van der Waals surface area contributed by atoms with Crippen LogP contribution in [0.1, 0.15) is 16.7 Å². The summed E-state index contributed by atoms with van der Waals surface area (Å²) >= 11 is 3.49. The Morgan fingerprint density at radius 3 is 2.61 bits per heavy atom. The Balaban J connectivity index is 2.16. The molecule has 0 saturated carbocycles. The molecule has 2 rings (SSSR count). The molecule has 0 spiro atoms. The predicted octanol–water partition coefficient (Wildman–Crippen LogP) is 4.78. The summed E-state index contributed by atoms with van der Waals surface area (Å²) in [6.07, 6.45) is 0. The Bertz CT molecular complexity index is 543. The molecule has 0 bridgehead atoms. The maximum atomic E-state index is 13.0. The number of hydrogen-bond donors (Lipinski definition) is 0. The van der Waals surface area contributed by atoms with Gasteiger partial charge in [-0.25, -0.2) is 4.39 Å². The van der Waals surface area contributed by atoms with Crippen LogP contribution in [-0.4, -0.2) is 0 Å². The molecule has 0 atom stereocenters. The van der Waals surface area contributed by atoms with Gasteiger partial charge in [-0.2, -0.15) is 0 Å². The summed E-state index contributed by atoms with van der Waals surface area (Å²) in [4.78, 5) is 0. The SMILES string of the molecule is Cc1cc(C)c(OCc2cccc(F)c2)c(Br)c1. The number of ether oxygens (including phenoxy) is 1. The Kier molecular flexibility index (Phi) is 4.02. The summed E-state index contributed by atoms with van der Waals surface area (Å²) in [7, 11) is 0. The molecule has 0 aliphatic carbocycles. The first-order valence-electron chi connectivity index (χ1n) is 5.70. The first kappa shape index (κ1) is 13.1. The van der Waals surface area contributed by atoms with Gasteiger partial charge in [0.1, 0.15) is 18.2 Å². The highest BCUT2D eigenvalue weighted by molar-refractivity contribution is 9.10. The fourth-order valence-corrected chi connectivity index (χ4v) is 2.66. The maximum absolute atomic E-state index is 13.0. The molecule has 0 amide bonds. The third kappa shape index (κ3) is 3.10. The second-order valence-electron chi connectivity index (χ2n) is 4.31. The van der Waals surface area contributed by atoms with Crippen LogP contribution >= 0.6 is 15.9 Å². The van der Waals surface area contributed by atoms with Crippen LogP contribution in [0.5, 0.6) is 5.75 Å². The highest BCUT2D eigenvalue weighted by Crippen LogP contribution is 2.30. The van der Waals surface area contributed by atoms with Crippen molar-refractivity contribution in [2.45, 2.75) is 20.5 Å². The highest BCUT2D eigenvalue weighted by Gasteiger charge is 2.06. The first-order chi connectivity index (χ1) is 8.56. The number of aryl methyl sites for hydroxylation is 2. The van der Waals surface area contributed by atoms with E-state index in [9.17, 15) is 4.39 Å². The second kappa shape index (κ2) is 5.53. The molecule has 2 aromatic rings. The van der Waals surface area contributed by atoms with Gasteiger partial charge in [0.15, 0.2) is 0 Å². The van der Waals surface area contributed by atoms with Gasteiger partial charge in [0.2, 0.25) is 0 Å². The predicted molar refractivity (Wildman–Crippen MR) is 74.3 cm³/mol. The number of rotatable bonds is 3. The van der Waals surface area contributed by atoms with Gasteiger partial charge in [-0.15, -0.1) is 0 Å². The van der Waals surface area contributed by atoms with Gasteiger partial charge in [0.05, 0.1) is 4.47 Å². The molecule has 0 heterocycles. The molecule has 0 radical (unpaired) electrons. The van der Waals surface area contributed by atoms with Gasteiger partial charge < -0.3 is 4.74 Å². The van der Waals surface area contributed by atoms with E-state index < -0.39 is 0 Å². The Labute approximate surface area is 115 Å². The van der Waals surface area contributed by atoms with Gasteiger partial charge in [-0.05, 0) is 64.7 Å². The van der Waals surface area contributed by atoms with E-state index in [0.717, 1.165) is 21.3 Å². The van der Waals surface area contributed by atoms with E-state index in [4.69, 9.17) is 4.74 Å². The topological polar surface area (TPSA) is 9.23 Å². The van der Waals surface area contributed by atoms with Crippen LogP contribution in [0.25, 0.3) is 0 Å². The molecule has 2 aromatic carbocycles. The third-order valence-electron chi connectivity index (χ3n) is 2.65. The van der Waals surface area contributed by atoms with Crippen molar-refractivity contribution in [1.29, 1.82) is 0 Å². The van der Waals surface area contributed by atoms with Crippen LogP contribution in [-0.2, 0) is 6.61 Å². The minimum Gasteiger partial charge on any atom is -0.487 e. The quantitative estimate of drug-likeness (QED) is 0.792. The van der Waals surface area contributed by atoms with Crippen LogP contribution in [0.2, 0.25) is 0 Å². The van der Waals surface area contributed by atoms with Crippen molar-refractivity contribution >= 4 is 15.9 Å². The molecule has 0 aromatic heterocycles. The van der Waals surface area contributed by atoms with Crippen molar-refractivity contribution in [1.82, 2.24) is 0 Å². The first-order valence-corrected chi connectivity index (χ1v) is 6.49. The average molecular weight is 309 g/mol. The smallest absolute Gasteiger partial charge is 0.136 e. The largest absolute Gasteiger partial charge is 0.487 e. The summed E-state index contributed by atoms with van der Waals surface area (Å²) < 4.78 is 19.7. The molecule has 3 heteroatoms. The van der Waals surface area contributed by atoms with E-state index in [-0.39, 0.29) is 5.82 Å². The van der Waals surface area contributed by atoms with E-state index in [1.54, 1.807) is 6.07 Å². The molecule has 0 fully saturated rings. The monoisotopic (exact) mass is 308 g/mol. The molecule has 0 saturated heterocycles. The fourth-order valence-electron chi connectivity index (χ4n) is 1.87. The molecule has 0 aliphatic heterocycles. The van der Waals surface area contributed by atoms with E-state index in [1.807, 2.05) is 26.0 Å². The van der Waals surface area contributed by atoms with Gasteiger partial charge >= 0.3 is 0 Å². The summed E-state index contributed by atoms with van der Waals surface area (Å²) in [6.45, 7) is 4.40. The lowest BCUT2D eigenvalue weighted by molar-refractivity contribution is 0.301. The lowest BCUT2D eigenvalue weighted by Crippen LogP contribution is -1.98. The maximum Gasteiger partial charge on any atom is 0.136 e. The number of hydrogen-bond acceptors (Lipinski definition) is 1. The van der Waals surface area contributed by atoms with Crippen LogP contribution in [0.3, 0.4) is 0 Å². The Morgan fingerprint density at radius 1 is 1.17 bits per heavy atom. The molecule has 18 heavy (non-hydrogen) atoms. The standard InChI is InChI=1S/C15H14BrFO/c1-10-6-11(2)15(14(16)7-10)18-9-12-4-3-5-13(17)8-12/h3-8H,9H2,1-2H3. The van der Waals surface area contributed by atoms with Gasteiger partial charge in [-0.1, -0.05) is 18.2 Å². The molecular weight excluding hydrogens is 295 g/mol. The van der Waals surface area contributed by atoms with Crippen LogP contribution < -0.4 is 4.74 Å². The minimum absolute atomic E-state index is 0.240. The molecule has 0 unspecified atom stereocenters. The Morgan fingerprint density at radius 2 is 1.94 bits per heavy atom. The minimum atomic E-state index is -0.240. The van der Waals surface area contributed by atoms with E-state index in [0.29, 0.717) is 6.61 Å². The summed E-state index contributed by atoms with van der Waals surface area (Å²) in [5.74, 6) is 0.570. The zero-order valence-corrected chi connectivity index (χ0v) is 11.9. The van der Waals surface area contributed by atoms with Crippen LogP contribution in [0, 0.1) is 19.7 Å². The summed E-state index contributed by atoms with van der Waals surface area (Å²) in [5.41, 5.74) is 3.07. The lowest BCUT2D eigenvalue weighted by Gasteiger charge is -2.12. The molecule has 1 nitrogen and oxygen atoms in total. The molecule has 0 N–H and O–H groups in total. The van der Waals surface area contributed by atoms with E-state index >= 15 is 0 Å². The average Bonchev–Trinajstić information content (AvgIpc) is 2.27. The molecular formula is C15H14BrFO. The van der Waals surface area contributed by atoms with E-state index in [1.165, 1.54) is 17.7 Å². The fraction of sp³-hybridized carbons (Fsp3) is 0.200. The van der Waals surface area contributed by atoms with Crippen molar-refractivity contribution in [3.63, 3.8) is 0 Å². The van der Waals surface area contributed by atoms with Crippen LogP contribution in [0.4, 0.5) is 4.39 Å². The van der Waals surface area contributed by atoms with Crippen molar-refractivity contribution in [2.75, 3.05) is 0 Å². The lowest BCUT2D eigenvalue weighted by atomic mass is 10.1. The third-order valence-corrected chi connectivity index (χ3v) is 3.23. The number of benzene rings is 2. The molecule has 0 aliphatic rings. The number of halogens is 2. The van der Waals surface area contributed by atoms with Crippen molar-refractivity contribution in [3.05, 3.63) is 63.4 Å². The Hall–Kier alpha value is -1.35. The zero-order valence-electron chi connectivity index (χ0n) is 10.3. The van der Waals surface area contributed by atoms with E-state index in [2.05, 4.69) is 22.0 Å². The zero-order chi connectivity index (χ0) is 13.1. The van der Waals surface area contributed by atoms with Gasteiger partial charge in [0, 0.05) is 0 Å². The normalized spacial score (nSPS) is 10.4. The second-order valence-corrected chi connectivity index (χ2v) is 5.17. The van der Waals surface area contributed by atoms with Crippen molar-refractivity contribution in [3.8, 4) is 5.75 Å². The van der Waals surface area contributed by atoms with Crippen molar-refractivity contribution in [2.24, 2.45) is 0 Å². The summed E-state index contributed by atoms with van der Waals surface area (Å²) in [6, 6.07) is 10.5. The summed E-state index contributed by atoms with van der Waals surface area (Å²) in [5, 5.41) is 0. The highest BCUT2D eigenvalue weighted by atomic mass is 79.9.